The van der Waals surface area contributed by atoms with Crippen LogP contribution in [0.15, 0.2) is 30.3 Å². The largest absolute Gasteiger partial charge is 0.673 e. The third kappa shape index (κ3) is 39.2. The van der Waals surface area contributed by atoms with Gasteiger partial charge in [0.1, 0.15) is 0 Å². The lowest BCUT2D eigenvalue weighted by atomic mass is 10.2. The molecule has 0 aromatic heterocycles. The lowest BCUT2D eigenvalue weighted by Gasteiger charge is -2.18. The van der Waals surface area contributed by atoms with E-state index in [4.69, 9.17) is 0 Å². The van der Waals surface area contributed by atoms with Gasteiger partial charge < -0.3 is 56.7 Å². The van der Waals surface area contributed by atoms with E-state index in [-0.39, 0.29) is 5.91 Å². The zero-order valence-corrected chi connectivity index (χ0v) is 14.4. The molecule has 166 valence electrons. The van der Waals surface area contributed by atoms with Crippen LogP contribution in [0.3, 0.4) is 0 Å². The van der Waals surface area contributed by atoms with Gasteiger partial charge in [-0.3, -0.25) is 4.79 Å². The molecule has 1 amide bonds. The number of rotatable bonds is 3. The molecule has 1 aromatic carbocycles. The maximum absolute atomic E-state index is 11.7. The number of nitrogens with zero attached hydrogens (tertiary/aromatic N) is 1. The van der Waals surface area contributed by atoms with Crippen LogP contribution in [0.5, 0.6) is 0 Å². The molecule has 0 saturated carbocycles. The van der Waals surface area contributed by atoms with Gasteiger partial charge in [0.05, 0.1) is 0 Å². The van der Waals surface area contributed by atoms with E-state index in [1.54, 1.807) is 0 Å². The molecule has 0 saturated heterocycles. The molecule has 0 aliphatic heterocycles. The average molecular weight is 438 g/mol. The first kappa shape index (κ1) is 30.8. The van der Waals surface area contributed by atoms with Crippen molar-refractivity contribution in [2.75, 3.05) is 13.1 Å². The van der Waals surface area contributed by atoms with Gasteiger partial charge in [-0.1, -0.05) is 18.2 Å². The van der Waals surface area contributed by atoms with Crippen molar-refractivity contribution in [3.63, 3.8) is 0 Å². The summed E-state index contributed by atoms with van der Waals surface area (Å²) in [4.78, 5) is 13.5. The van der Waals surface area contributed by atoms with Crippen LogP contribution < -0.4 is 0 Å². The summed E-state index contributed by atoms with van der Waals surface area (Å²) in [6.45, 7) is 5.52. The molecule has 0 radical (unpaired) electrons. The summed E-state index contributed by atoms with van der Waals surface area (Å²) in [5.74, 6) is 0.116. The minimum absolute atomic E-state index is 0.116. The van der Waals surface area contributed by atoms with Gasteiger partial charge in [-0.05, 0) is 26.0 Å². The standard InChI is InChI=1S/C11H15NO.3BF4/c1-3-12(4-2)11(13)10-8-6-5-7-9-10;3*2-1(3,4)5/h5-9H,3-4H2,1-2H3;;;/q;3*-1. The van der Waals surface area contributed by atoms with Gasteiger partial charge in [-0.15, -0.1) is 0 Å². The molecule has 0 spiro atoms. The average Bonchev–Trinajstić information content (AvgIpc) is 2.44. The fourth-order valence-corrected chi connectivity index (χ4v) is 1.27. The van der Waals surface area contributed by atoms with Crippen molar-refractivity contribution in [2.45, 2.75) is 13.8 Å². The number of amides is 1. The summed E-state index contributed by atoms with van der Waals surface area (Å²) in [5, 5.41) is 0. The fourth-order valence-electron chi connectivity index (χ4n) is 1.27. The molecule has 0 atom stereocenters. The molecule has 0 bridgehead atoms. The quantitative estimate of drug-likeness (QED) is 0.415. The van der Waals surface area contributed by atoms with Crippen LogP contribution in [0.4, 0.5) is 51.8 Å². The first-order valence-corrected chi connectivity index (χ1v) is 7.25. The zero-order chi connectivity index (χ0) is 23.2. The van der Waals surface area contributed by atoms with E-state index >= 15 is 0 Å². The van der Waals surface area contributed by atoms with Crippen LogP contribution in [-0.2, 0) is 0 Å². The second-order valence-corrected chi connectivity index (χ2v) is 4.33. The first-order chi connectivity index (χ1) is 12.3. The first-order valence-electron chi connectivity index (χ1n) is 7.25. The van der Waals surface area contributed by atoms with E-state index in [0.717, 1.165) is 18.7 Å². The lowest BCUT2D eigenvalue weighted by molar-refractivity contribution is 0.0773. The highest BCUT2D eigenvalue weighted by atomic mass is 19.5. The Morgan fingerprint density at radius 3 is 1.14 bits per heavy atom. The van der Waals surface area contributed by atoms with Crippen molar-refractivity contribution in [1.29, 1.82) is 0 Å². The topological polar surface area (TPSA) is 20.3 Å². The van der Waals surface area contributed by atoms with E-state index in [9.17, 15) is 56.6 Å². The van der Waals surface area contributed by atoms with Crippen LogP contribution in [0.25, 0.3) is 0 Å². The SMILES string of the molecule is CCN(CC)C(=O)c1ccccc1.F[B-](F)(F)F.F[B-](F)(F)F.F[B-](F)(F)F. The van der Waals surface area contributed by atoms with E-state index in [1.165, 1.54) is 0 Å². The minimum atomic E-state index is -6.00. The van der Waals surface area contributed by atoms with Gasteiger partial charge in [-0.2, -0.15) is 0 Å². The van der Waals surface area contributed by atoms with Crippen molar-refractivity contribution in [2.24, 2.45) is 0 Å². The number of hydrogen-bond donors (Lipinski definition) is 0. The van der Waals surface area contributed by atoms with Crippen LogP contribution in [-0.4, -0.2) is 45.7 Å². The highest BCUT2D eigenvalue weighted by Gasteiger charge is 2.21. The Balaban J connectivity index is -0.000000347. The summed E-state index contributed by atoms with van der Waals surface area (Å²) >= 11 is 0. The predicted octanol–water partition coefficient (Wildman–Crippen LogP) is 6.07. The molecule has 17 heteroatoms. The third-order valence-electron chi connectivity index (χ3n) is 2.07. The van der Waals surface area contributed by atoms with Gasteiger partial charge in [0, 0.05) is 18.7 Å². The zero-order valence-electron chi connectivity index (χ0n) is 14.4. The smallest absolute Gasteiger partial charge is 0.418 e. The summed E-state index contributed by atoms with van der Waals surface area (Å²) in [7, 11) is -18.0. The highest BCUT2D eigenvalue weighted by Crippen LogP contribution is 2.07. The number of halogens is 12. The Labute approximate surface area is 153 Å². The molecule has 0 fully saturated rings. The van der Waals surface area contributed by atoms with Crippen molar-refractivity contribution in [1.82, 2.24) is 4.90 Å². The number of hydrogen-bond acceptors (Lipinski definition) is 1. The molecule has 0 heterocycles. The molecule has 2 nitrogen and oxygen atoms in total. The Morgan fingerprint density at radius 2 is 0.929 bits per heavy atom. The second kappa shape index (κ2) is 14.1. The molecule has 0 aliphatic rings. The summed E-state index contributed by atoms with van der Waals surface area (Å²) in [6.07, 6.45) is 0. The van der Waals surface area contributed by atoms with Crippen molar-refractivity contribution >= 4 is 27.7 Å². The van der Waals surface area contributed by atoms with Crippen LogP contribution >= 0.6 is 0 Å². The number of carbonyl (C=O) groups excluding carboxylic acids is 1. The Morgan fingerprint density at radius 1 is 0.679 bits per heavy atom. The van der Waals surface area contributed by atoms with Gasteiger partial charge >= 0.3 is 21.8 Å². The summed E-state index contributed by atoms with van der Waals surface area (Å²) in [6, 6.07) is 9.38. The van der Waals surface area contributed by atoms with E-state index < -0.39 is 21.8 Å². The van der Waals surface area contributed by atoms with E-state index in [2.05, 4.69) is 0 Å². The Hall–Kier alpha value is -1.96. The molecular formula is C11H15B3F12NO-3. The molecule has 0 N–H and O–H groups in total. The number of benzene rings is 1. The second-order valence-electron chi connectivity index (χ2n) is 4.33. The summed E-state index contributed by atoms with van der Waals surface area (Å²) < 4.78 is 117. The molecule has 0 aliphatic carbocycles. The maximum Gasteiger partial charge on any atom is 0.673 e. The van der Waals surface area contributed by atoms with Crippen molar-refractivity contribution in [3.05, 3.63) is 35.9 Å². The Kier molecular flexibility index (Phi) is 15.5. The molecule has 0 unspecified atom stereocenters. The van der Waals surface area contributed by atoms with Crippen molar-refractivity contribution in [3.8, 4) is 0 Å². The third-order valence-corrected chi connectivity index (χ3v) is 2.07. The fraction of sp³-hybridized carbons (Fsp3) is 0.364. The Bertz CT molecular complexity index is 470. The van der Waals surface area contributed by atoms with E-state index in [1.807, 2.05) is 49.1 Å². The molecular weight excluding hydrogens is 423 g/mol. The lowest BCUT2D eigenvalue weighted by Crippen LogP contribution is -2.30. The van der Waals surface area contributed by atoms with Crippen molar-refractivity contribution < 1.29 is 56.6 Å². The predicted molar refractivity (Wildman–Crippen MR) is 84.3 cm³/mol. The van der Waals surface area contributed by atoms with Crippen LogP contribution in [0.1, 0.15) is 24.2 Å². The molecule has 28 heavy (non-hydrogen) atoms. The van der Waals surface area contributed by atoms with E-state index in [0.29, 0.717) is 0 Å². The van der Waals surface area contributed by atoms with Gasteiger partial charge in [0.25, 0.3) is 5.91 Å². The van der Waals surface area contributed by atoms with Gasteiger partial charge in [0.15, 0.2) is 0 Å². The minimum Gasteiger partial charge on any atom is -0.418 e. The maximum atomic E-state index is 11.7. The van der Waals surface area contributed by atoms with Gasteiger partial charge in [-0.25, -0.2) is 0 Å². The molecule has 1 aromatic rings. The number of carbonyl (C=O) groups is 1. The normalized spacial score (nSPS) is 10.9. The molecule has 1 rings (SSSR count). The van der Waals surface area contributed by atoms with Crippen LogP contribution in [0, 0.1) is 0 Å². The van der Waals surface area contributed by atoms with Gasteiger partial charge in [0.2, 0.25) is 0 Å². The highest BCUT2D eigenvalue weighted by molar-refractivity contribution is 6.50. The summed E-state index contributed by atoms with van der Waals surface area (Å²) in [5.41, 5.74) is 0.770. The van der Waals surface area contributed by atoms with Crippen LogP contribution in [0.2, 0.25) is 0 Å². The monoisotopic (exact) mass is 438 g/mol.